The van der Waals surface area contributed by atoms with Crippen molar-refractivity contribution in [2.45, 2.75) is 12.3 Å². The molecule has 34 heavy (non-hydrogen) atoms. The van der Waals surface area contributed by atoms with Crippen molar-refractivity contribution in [3.63, 3.8) is 0 Å². The number of carbonyl (C=O) groups is 1. The van der Waals surface area contributed by atoms with Crippen molar-refractivity contribution in [3.05, 3.63) is 102 Å². The molecule has 0 saturated heterocycles. The van der Waals surface area contributed by atoms with Crippen molar-refractivity contribution in [2.24, 2.45) is 0 Å². The van der Waals surface area contributed by atoms with Crippen LogP contribution in [0.4, 0.5) is 0 Å². The van der Waals surface area contributed by atoms with E-state index >= 15 is 0 Å². The minimum atomic E-state index is -3.58. The van der Waals surface area contributed by atoms with E-state index in [2.05, 4.69) is 4.72 Å². The van der Waals surface area contributed by atoms with Gasteiger partial charge in [-0.2, -0.15) is 0 Å². The van der Waals surface area contributed by atoms with E-state index in [1.165, 1.54) is 0 Å². The smallest absolute Gasteiger partial charge is 0.341 e. The van der Waals surface area contributed by atoms with Crippen LogP contribution in [0.15, 0.2) is 89.5 Å². The standard InChI is InChI=1S/C26H25NO6S/c28-25(29)17-32-24-13-7-12-22-21(16-33-26(22)24)14-15-27-34(30,31)18-23(19-8-3-1-4-9-19)20-10-5-2-6-11-20/h1-13,16,23,27H,14-15,17-18H2,(H,28,29). The van der Waals surface area contributed by atoms with E-state index in [0.29, 0.717) is 17.8 Å². The number of benzene rings is 3. The molecule has 0 amide bonds. The summed E-state index contributed by atoms with van der Waals surface area (Å²) in [6, 6.07) is 24.4. The van der Waals surface area contributed by atoms with E-state index in [-0.39, 0.29) is 18.2 Å². The highest BCUT2D eigenvalue weighted by Gasteiger charge is 2.22. The van der Waals surface area contributed by atoms with Crippen molar-refractivity contribution < 1.29 is 27.5 Å². The molecule has 8 heteroatoms. The number of hydrogen-bond donors (Lipinski definition) is 2. The SMILES string of the molecule is O=C(O)COc1cccc2c(CCNS(=O)(=O)CC(c3ccccc3)c3ccccc3)coc12. The van der Waals surface area contributed by atoms with Crippen LogP contribution in [-0.4, -0.2) is 38.4 Å². The molecule has 0 saturated carbocycles. The predicted molar refractivity (Wildman–Crippen MR) is 130 cm³/mol. The summed E-state index contributed by atoms with van der Waals surface area (Å²) in [5.74, 6) is -1.10. The van der Waals surface area contributed by atoms with Crippen LogP contribution in [0.3, 0.4) is 0 Å². The summed E-state index contributed by atoms with van der Waals surface area (Å²) >= 11 is 0. The van der Waals surface area contributed by atoms with Crippen LogP contribution in [0, 0.1) is 0 Å². The quantitative estimate of drug-likeness (QED) is 0.334. The number of furan rings is 1. The number of fused-ring (bicyclic) bond motifs is 1. The number of hydrogen-bond acceptors (Lipinski definition) is 5. The number of rotatable bonds is 11. The van der Waals surface area contributed by atoms with Gasteiger partial charge in [0.05, 0.1) is 12.0 Å². The Balaban J connectivity index is 1.44. The lowest BCUT2D eigenvalue weighted by Gasteiger charge is -2.18. The van der Waals surface area contributed by atoms with Gasteiger partial charge in [0.2, 0.25) is 10.0 Å². The fourth-order valence-corrected chi connectivity index (χ4v) is 5.26. The van der Waals surface area contributed by atoms with E-state index in [0.717, 1.165) is 22.1 Å². The number of ether oxygens (including phenoxy) is 1. The summed E-state index contributed by atoms with van der Waals surface area (Å²) in [6.45, 7) is -0.271. The molecule has 0 radical (unpaired) electrons. The van der Waals surface area contributed by atoms with Gasteiger partial charge in [-0.15, -0.1) is 0 Å². The fraction of sp³-hybridized carbons (Fsp3) is 0.192. The third-order valence-corrected chi connectivity index (χ3v) is 6.92. The highest BCUT2D eigenvalue weighted by Crippen LogP contribution is 2.30. The van der Waals surface area contributed by atoms with E-state index in [1.807, 2.05) is 66.7 Å². The summed E-state index contributed by atoms with van der Waals surface area (Å²) in [7, 11) is -3.58. The molecule has 0 aliphatic carbocycles. The molecule has 4 aromatic rings. The Morgan fingerprint density at radius 2 is 1.59 bits per heavy atom. The second kappa shape index (κ2) is 10.5. The van der Waals surface area contributed by atoms with Crippen molar-refractivity contribution in [1.82, 2.24) is 4.72 Å². The van der Waals surface area contributed by atoms with Crippen molar-refractivity contribution in [2.75, 3.05) is 18.9 Å². The molecule has 0 spiro atoms. The molecule has 4 rings (SSSR count). The highest BCUT2D eigenvalue weighted by atomic mass is 32.2. The second-order valence-corrected chi connectivity index (χ2v) is 9.73. The van der Waals surface area contributed by atoms with Crippen LogP contribution in [0.5, 0.6) is 5.75 Å². The van der Waals surface area contributed by atoms with Crippen molar-refractivity contribution >= 4 is 27.0 Å². The molecule has 0 aliphatic rings. The first-order valence-electron chi connectivity index (χ1n) is 10.8. The first-order chi connectivity index (χ1) is 16.4. The van der Waals surface area contributed by atoms with E-state index < -0.39 is 22.6 Å². The Kier molecular flexibility index (Phi) is 7.30. The third kappa shape index (κ3) is 5.84. The number of carboxylic acid groups (broad SMARTS) is 1. The maximum Gasteiger partial charge on any atom is 0.341 e. The van der Waals surface area contributed by atoms with Gasteiger partial charge in [0, 0.05) is 17.8 Å². The van der Waals surface area contributed by atoms with Crippen LogP contribution in [0.2, 0.25) is 0 Å². The van der Waals surface area contributed by atoms with Crippen LogP contribution in [0.25, 0.3) is 11.0 Å². The molecule has 0 atom stereocenters. The Labute approximate surface area is 198 Å². The average Bonchev–Trinajstić information content (AvgIpc) is 3.26. The Hall–Kier alpha value is -3.62. The average molecular weight is 480 g/mol. The maximum atomic E-state index is 13.0. The topological polar surface area (TPSA) is 106 Å². The third-order valence-electron chi connectivity index (χ3n) is 5.50. The van der Waals surface area contributed by atoms with Gasteiger partial charge in [0.25, 0.3) is 0 Å². The molecule has 0 bridgehead atoms. The summed E-state index contributed by atoms with van der Waals surface area (Å²) in [4.78, 5) is 10.8. The summed E-state index contributed by atoms with van der Waals surface area (Å²) < 4.78 is 39.5. The minimum absolute atomic E-state index is 0.0691. The Morgan fingerprint density at radius 1 is 0.941 bits per heavy atom. The zero-order chi connectivity index (χ0) is 24.0. The molecular weight excluding hydrogens is 454 g/mol. The van der Waals surface area contributed by atoms with Gasteiger partial charge in [-0.05, 0) is 29.2 Å². The lowest BCUT2D eigenvalue weighted by atomic mass is 9.93. The number of para-hydroxylation sites is 1. The summed E-state index contributed by atoms with van der Waals surface area (Å²) in [6.07, 6.45) is 1.96. The van der Waals surface area contributed by atoms with Crippen LogP contribution < -0.4 is 9.46 Å². The van der Waals surface area contributed by atoms with E-state index in [4.69, 9.17) is 14.3 Å². The molecule has 2 N–H and O–H groups in total. The second-order valence-electron chi connectivity index (χ2n) is 7.88. The van der Waals surface area contributed by atoms with E-state index in [9.17, 15) is 13.2 Å². The van der Waals surface area contributed by atoms with Gasteiger partial charge in [-0.3, -0.25) is 0 Å². The monoisotopic (exact) mass is 479 g/mol. The van der Waals surface area contributed by atoms with Gasteiger partial charge in [0.15, 0.2) is 17.9 Å². The van der Waals surface area contributed by atoms with Gasteiger partial charge in [-0.1, -0.05) is 72.8 Å². The zero-order valence-electron chi connectivity index (χ0n) is 18.4. The Morgan fingerprint density at radius 3 is 2.21 bits per heavy atom. The molecule has 0 aliphatic heterocycles. The number of nitrogens with one attached hydrogen (secondary N) is 1. The molecule has 1 heterocycles. The normalized spacial score (nSPS) is 11.7. The van der Waals surface area contributed by atoms with Crippen LogP contribution >= 0.6 is 0 Å². The zero-order valence-corrected chi connectivity index (χ0v) is 19.2. The summed E-state index contributed by atoms with van der Waals surface area (Å²) in [5, 5.41) is 9.59. The molecule has 1 aromatic heterocycles. The first-order valence-corrected chi connectivity index (χ1v) is 12.5. The molecule has 3 aromatic carbocycles. The molecule has 0 unspecified atom stereocenters. The molecule has 176 valence electrons. The van der Waals surface area contributed by atoms with Crippen molar-refractivity contribution in [3.8, 4) is 5.75 Å². The lowest BCUT2D eigenvalue weighted by Crippen LogP contribution is -2.31. The van der Waals surface area contributed by atoms with Gasteiger partial charge < -0.3 is 14.3 Å². The molecule has 0 fully saturated rings. The van der Waals surface area contributed by atoms with E-state index in [1.54, 1.807) is 18.4 Å². The number of sulfonamides is 1. The van der Waals surface area contributed by atoms with Gasteiger partial charge >= 0.3 is 5.97 Å². The molecular formula is C26H25NO6S. The van der Waals surface area contributed by atoms with Crippen LogP contribution in [-0.2, 0) is 21.2 Å². The molecule has 7 nitrogen and oxygen atoms in total. The van der Waals surface area contributed by atoms with Gasteiger partial charge in [0.1, 0.15) is 0 Å². The lowest BCUT2D eigenvalue weighted by molar-refractivity contribution is -0.139. The largest absolute Gasteiger partial charge is 0.479 e. The van der Waals surface area contributed by atoms with Crippen molar-refractivity contribution in [1.29, 1.82) is 0 Å². The highest BCUT2D eigenvalue weighted by molar-refractivity contribution is 7.89. The number of carboxylic acids is 1. The maximum absolute atomic E-state index is 13.0. The van der Waals surface area contributed by atoms with Gasteiger partial charge in [-0.25, -0.2) is 17.9 Å². The fourth-order valence-electron chi connectivity index (χ4n) is 3.91. The Bertz CT molecular complexity index is 1310. The number of aliphatic carboxylic acids is 1. The minimum Gasteiger partial charge on any atom is -0.479 e. The van der Waals surface area contributed by atoms with Crippen LogP contribution in [0.1, 0.15) is 22.6 Å². The first kappa shape index (κ1) is 23.5. The summed E-state index contributed by atoms with van der Waals surface area (Å²) in [5.41, 5.74) is 3.12. The predicted octanol–water partition coefficient (Wildman–Crippen LogP) is 4.19.